The van der Waals surface area contributed by atoms with Crippen molar-refractivity contribution in [3.05, 3.63) is 65.7 Å². The van der Waals surface area contributed by atoms with Crippen molar-refractivity contribution in [3.63, 3.8) is 0 Å². The second kappa shape index (κ2) is 6.16. The van der Waals surface area contributed by atoms with Crippen molar-refractivity contribution >= 4 is 23.4 Å². The van der Waals surface area contributed by atoms with Gasteiger partial charge in [-0.15, -0.1) is 0 Å². The topological polar surface area (TPSA) is 57.7 Å². The molecule has 1 atom stereocenters. The average Bonchev–Trinajstić information content (AvgIpc) is 3.09. The maximum atomic E-state index is 13.1. The van der Waals surface area contributed by atoms with Crippen molar-refractivity contribution in [1.29, 1.82) is 0 Å². The van der Waals surface area contributed by atoms with E-state index >= 15 is 0 Å². The van der Waals surface area contributed by atoms with E-state index in [0.717, 1.165) is 12.0 Å². The molecule has 2 heterocycles. The molecule has 0 bridgehead atoms. The van der Waals surface area contributed by atoms with E-state index in [1.54, 1.807) is 29.2 Å². The van der Waals surface area contributed by atoms with Gasteiger partial charge in [-0.2, -0.15) is 0 Å². The molecule has 2 aliphatic heterocycles. The molecule has 0 spiro atoms. The number of hydrogen-bond donors (Lipinski definition) is 0. The molecule has 1 fully saturated rings. The molecule has 25 heavy (non-hydrogen) atoms. The molecule has 1 unspecified atom stereocenters. The van der Waals surface area contributed by atoms with Crippen molar-refractivity contribution in [2.24, 2.45) is 0 Å². The largest absolute Gasteiger partial charge is 0.327 e. The minimum absolute atomic E-state index is 0.127. The number of hydrogen-bond acceptors (Lipinski definition) is 3. The number of fused-ring (bicyclic) bond motifs is 2. The number of carbonyl (C=O) groups is 3. The minimum Gasteiger partial charge on any atom is -0.327 e. The fraction of sp³-hybridized carbons (Fsp3) is 0.250. The Morgan fingerprint density at radius 1 is 1.00 bits per heavy atom. The molecular weight excluding hydrogens is 316 g/mol. The molecule has 126 valence electrons. The lowest BCUT2D eigenvalue weighted by Gasteiger charge is -2.24. The van der Waals surface area contributed by atoms with Crippen LogP contribution >= 0.6 is 0 Å². The lowest BCUT2D eigenvalue weighted by Crippen LogP contribution is -2.47. The Bertz CT molecular complexity index is 847. The Labute approximate surface area is 145 Å². The Hall–Kier alpha value is -2.95. The van der Waals surface area contributed by atoms with Gasteiger partial charge in [0.25, 0.3) is 11.8 Å². The molecule has 0 saturated carbocycles. The summed E-state index contributed by atoms with van der Waals surface area (Å²) in [4.78, 5) is 41.7. The smallest absolute Gasteiger partial charge is 0.256 e. The summed E-state index contributed by atoms with van der Waals surface area (Å²) in [6.45, 7) is 0.560. The average molecular weight is 334 g/mol. The summed E-state index contributed by atoms with van der Waals surface area (Å²) in [5.41, 5.74) is 1.66. The van der Waals surface area contributed by atoms with Crippen molar-refractivity contribution in [1.82, 2.24) is 4.90 Å². The van der Waals surface area contributed by atoms with Gasteiger partial charge < -0.3 is 4.90 Å². The molecular formula is C20H18N2O3. The lowest BCUT2D eigenvalue weighted by molar-refractivity contribution is -0.128. The Balaban J connectivity index is 1.76. The summed E-state index contributed by atoms with van der Waals surface area (Å²) < 4.78 is 0. The lowest BCUT2D eigenvalue weighted by atomic mass is 10.1. The van der Waals surface area contributed by atoms with Crippen LogP contribution in [0.1, 0.15) is 28.8 Å². The minimum atomic E-state index is -0.542. The number of nitrogens with zero attached hydrogens (tertiary/aromatic N) is 2. The van der Waals surface area contributed by atoms with E-state index in [4.69, 9.17) is 0 Å². The molecule has 0 N–H and O–H groups in total. The van der Waals surface area contributed by atoms with Crippen LogP contribution in [-0.4, -0.2) is 35.2 Å². The van der Waals surface area contributed by atoms with Gasteiger partial charge in [-0.25, -0.2) is 4.90 Å². The van der Waals surface area contributed by atoms with Crippen molar-refractivity contribution < 1.29 is 14.4 Å². The molecule has 4 rings (SSSR count). The third kappa shape index (κ3) is 2.61. The van der Waals surface area contributed by atoms with Crippen LogP contribution in [0, 0.1) is 0 Å². The molecule has 2 aromatic rings. The number of anilines is 1. The third-order valence-electron chi connectivity index (χ3n) is 4.84. The van der Waals surface area contributed by atoms with Crippen LogP contribution in [-0.2, 0) is 16.0 Å². The Kier molecular flexibility index (Phi) is 3.84. The summed E-state index contributed by atoms with van der Waals surface area (Å²) in [6.07, 6.45) is 1.51. The quantitative estimate of drug-likeness (QED) is 0.847. The number of para-hydroxylation sites is 1. The van der Waals surface area contributed by atoms with Crippen LogP contribution in [0.2, 0.25) is 0 Å². The second-order valence-corrected chi connectivity index (χ2v) is 6.40. The fourth-order valence-corrected chi connectivity index (χ4v) is 3.65. The molecule has 3 amide bonds. The predicted molar refractivity (Wildman–Crippen MR) is 93.1 cm³/mol. The number of amides is 3. The van der Waals surface area contributed by atoms with E-state index in [2.05, 4.69) is 0 Å². The van der Waals surface area contributed by atoms with Crippen LogP contribution in [0.25, 0.3) is 0 Å². The molecule has 5 nitrogen and oxygen atoms in total. The predicted octanol–water partition coefficient (Wildman–Crippen LogP) is 2.41. The highest BCUT2D eigenvalue weighted by Gasteiger charge is 2.43. The molecule has 0 radical (unpaired) electrons. The van der Waals surface area contributed by atoms with E-state index in [9.17, 15) is 14.4 Å². The summed E-state index contributed by atoms with van der Waals surface area (Å²) in [6, 6.07) is 15.7. The Morgan fingerprint density at radius 3 is 2.52 bits per heavy atom. The highest BCUT2D eigenvalue weighted by atomic mass is 16.2. The van der Waals surface area contributed by atoms with Crippen LogP contribution in [0.5, 0.6) is 0 Å². The zero-order valence-electron chi connectivity index (χ0n) is 13.7. The molecule has 1 saturated heterocycles. The first-order valence-electron chi connectivity index (χ1n) is 8.47. The SMILES string of the molecule is O=C(Cc1ccccc1)N1C(=O)C2CCCN2C(=O)c2ccccc21. The normalized spacial score (nSPS) is 19.4. The van der Waals surface area contributed by atoms with E-state index in [0.29, 0.717) is 24.2 Å². The zero-order chi connectivity index (χ0) is 17.4. The first-order valence-corrected chi connectivity index (χ1v) is 8.47. The number of rotatable bonds is 2. The van der Waals surface area contributed by atoms with Crippen LogP contribution in [0.3, 0.4) is 0 Å². The molecule has 2 aromatic carbocycles. The second-order valence-electron chi connectivity index (χ2n) is 6.40. The number of imide groups is 1. The van der Waals surface area contributed by atoms with Crippen LogP contribution in [0.15, 0.2) is 54.6 Å². The van der Waals surface area contributed by atoms with Gasteiger partial charge in [-0.3, -0.25) is 14.4 Å². The van der Waals surface area contributed by atoms with Crippen molar-refractivity contribution in [2.75, 3.05) is 11.4 Å². The maximum Gasteiger partial charge on any atom is 0.256 e. The highest BCUT2D eigenvalue weighted by Crippen LogP contribution is 2.32. The van der Waals surface area contributed by atoms with E-state index in [1.165, 1.54) is 4.90 Å². The van der Waals surface area contributed by atoms with Crippen LogP contribution in [0.4, 0.5) is 5.69 Å². The van der Waals surface area contributed by atoms with Gasteiger partial charge in [-0.05, 0) is 30.5 Å². The van der Waals surface area contributed by atoms with Gasteiger partial charge in [0.2, 0.25) is 5.91 Å². The van der Waals surface area contributed by atoms with E-state index < -0.39 is 6.04 Å². The number of benzene rings is 2. The van der Waals surface area contributed by atoms with Gasteiger partial charge in [0.1, 0.15) is 6.04 Å². The molecule has 0 aromatic heterocycles. The summed E-state index contributed by atoms with van der Waals surface area (Å²) in [5.74, 6) is -0.761. The van der Waals surface area contributed by atoms with Gasteiger partial charge in [0, 0.05) is 6.54 Å². The van der Waals surface area contributed by atoms with Crippen molar-refractivity contribution in [3.8, 4) is 0 Å². The first kappa shape index (κ1) is 15.6. The van der Waals surface area contributed by atoms with Gasteiger partial charge in [0.05, 0.1) is 17.7 Å². The van der Waals surface area contributed by atoms with Gasteiger partial charge in [0.15, 0.2) is 0 Å². The fourth-order valence-electron chi connectivity index (χ4n) is 3.65. The van der Waals surface area contributed by atoms with Gasteiger partial charge >= 0.3 is 0 Å². The highest BCUT2D eigenvalue weighted by molar-refractivity contribution is 6.22. The van der Waals surface area contributed by atoms with Crippen LogP contribution < -0.4 is 4.90 Å². The maximum absolute atomic E-state index is 13.1. The monoisotopic (exact) mass is 334 g/mol. The summed E-state index contributed by atoms with van der Waals surface area (Å²) in [5, 5.41) is 0. The third-order valence-corrected chi connectivity index (χ3v) is 4.84. The van der Waals surface area contributed by atoms with E-state index in [1.807, 2.05) is 30.3 Å². The van der Waals surface area contributed by atoms with E-state index in [-0.39, 0.29) is 24.1 Å². The molecule has 2 aliphatic rings. The first-order chi connectivity index (χ1) is 12.2. The standard InChI is InChI=1S/C20H18N2O3/c23-18(13-14-7-2-1-3-8-14)22-16-10-5-4-9-15(16)19(24)21-12-6-11-17(21)20(22)25/h1-5,7-10,17H,6,11-13H2. The summed E-state index contributed by atoms with van der Waals surface area (Å²) >= 11 is 0. The van der Waals surface area contributed by atoms with Gasteiger partial charge in [-0.1, -0.05) is 42.5 Å². The molecule has 5 heteroatoms. The zero-order valence-corrected chi connectivity index (χ0v) is 13.7. The molecule has 0 aliphatic carbocycles. The number of carbonyl (C=O) groups excluding carboxylic acids is 3. The summed E-state index contributed by atoms with van der Waals surface area (Å²) in [7, 11) is 0. The Morgan fingerprint density at radius 2 is 1.72 bits per heavy atom. The van der Waals surface area contributed by atoms with Crippen molar-refractivity contribution in [2.45, 2.75) is 25.3 Å².